The van der Waals surface area contributed by atoms with Crippen LogP contribution in [0, 0.1) is 5.92 Å². The topological polar surface area (TPSA) is 29.6 Å². The maximum Gasteiger partial charge on any atom is 0.160 e. The van der Waals surface area contributed by atoms with Crippen molar-refractivity contribution in [1.82, 2.24) is 4.57 Å². The molecule has 0 spiro atoms. The summed E-state index contributed by atoms with van der Waals surface area (Å²) in [4.78, 5) is 11.3. The highest BCUT2D eigenvalue weighted by atomic mass is 32.1. The highest BCUT2D eigenvalue weighted by molar-refractivity contribution is 7.26. The monoisotopic (exact) mass is 823 g/mol. The van der Waals surface area contributed by atoms with E-state index in [2.05, 4.69) is 224 Å². The van der Waals surface area contributed by atoms with Crippen LogP contribution in [0.25, 0.3) is 86.4 Å². The number of thiophene rings is 1. The van der Waals surface area contributed by atoms with Gasteiger partial charge in [-0.15, -0.1) is 11.3 Å². The molecule has 9 aromatic carbocycles. The summed E-state index contributed by atoms with van der Waals surface area (Å²) in [6.07, 6.45) is 3.13. The lowest BCUT2D eigenvalue weighted by Gasteiger charge is -2.20. The van der Waals surface area contributed by atoms with E-state index in [0.29, 0.717) is 5.84 Å². The van der Waals surface area contributed by atoms with Crippen LogP contribution in [0.4, 0.5) is 0 Å². The summed E-state index contributed by atoms with van der Waals surface area (Å²) in [5.41, 5.74) is 13.5. The Bertz CT molecular complexity index is 3640. The number of hydrogen-bond donors (Lipinski definition) is 0. The van der Waals surface area contributed by atoms with Gasteiger partial charge in [0.05, 0.1) is 32.8 Å². The molecule has 298 valence electrons. The molecule has 0 N–H and O–H groups in total. The van der Waals surface area contributed by atoms with E-state index in [1.165, 1.54) is 69.4 Å². The zero-order valence-corrected chi connectivity index (χ0v) is 35.6. The average molecular weight is 824 g/mol. The van der Waals surface area contributed by atoms with Crippen molar-refractivity contribution in [2.24, 2.45) is 15.9 Å². The molecule has 0 aliphatic carbocycles. The van der Waals surface area contributed by atoms with Crippen LogP contribution in [0.15, 0.2) is 222 Å². The van der Waals surface area contributed by atoms with E-state index in [9.17, 15) is 0 Å². The molecule has 4 heteroatoms. The Balaban J connectivity index is 1.10. The SMILES string of the molecule is CC1C/C=C(c2cccc(-c3ccccc3)c2)/N=C(c2ccc(-n3c4ccccc4c4cc5ccccc5cc43)c3sc4ccccc4c23)\N=C/1c1ccc(-c2ccccc2)cc1. The van der Waals surface area contributed by atoms with E-state index in [-0.39, 0.29) is 5.92 Å². The molecule has 1 unspecified atom stereocenters. The normalized spacial score (nSPS) is 17.0. The fourth-order valence-corrected chi connectivity index (χ4v) is 10.7. The second-order valence-corrected chi connectivity index (χ2v) is 17.6. The number of nitrogens with zero attached hydrogens (tertiary/aromatic N) is 3. The van der Waals surface area contributed by atoms with Gasteiger partial charge in [0.15, 0.2) is 5.84 Å². The lowest BCUT2D eigenvalue weighted by molar-refractivity contribution is 0.790. The number of allylic oxidation sites excluding steroid dienone is 1. The van der Waals surface area contributed by atoms with Gasteiger partial charge in [-0.2, -0.15) is 0 Å². The van der Waals surface area contributed by atoms with Crippen LogP contribution in [0.1, 0.15) is 30.0 Å². The van der Waals surface area contributed by atoms with Crippen LogP contribution in [0.5, 0.6) is 0 Å². The predicted octanol–water partition coefficient (Wildman–Crippen LogP) is 16.0. The second-order valence-electron chi connectivity index (χ2n) is 16.6. The smallest absolute Gasteiger partial charge is 0.160 e. The van der Waals surface area contributed by atoms with Gasteiger partial charge in [-0.05, 0) is 87.5 Å². The average Bonchev–Trinajstić information content (AvgIpc) is 3.89. The van der Waals surface area contributed by atoms with Crippen molar-refractivity contribution in [3.8, 4) is 27.9 Å². The zero-order chi connectivity index (χ0) is 41.9. The maximum atomic E-state index is 5.70. The molecule has 11 aromatic rings. The minimum absolute atomic E-state index is 0.131. The van der Waals surface area contributed by atoms with Crippen molar-refractivity contribution in [2.75, 3.05) is 0 Å². The van der Waals surface area contributed by atoms with Crippen LogP contribution in [-0.2, 0) is 0 Å². The molecule has 3 nitrogen and oxygen atoms in total. The molecule has 1 atom stereocenters. The van der Waals surface area contributed by atoms with Gasteiger partial charge in [0.1, 0.15) is 0 Å². The largest absolute Gasteiger partial charge is 0.308 e. The molecule has 3 heterocycles. The quantitative estimate of drug-likeness (QED) is 0.160. The lowest BCUT2D eigenvalue weighted by atomic mass is 9.92. The molecule has 0 saturated heterocycles. The van der Waals surface area contributed by atoms with Gasteiger partial charge < -0.3 is 4.57 Å². The Hall–Kier alpha value is -7.66. The highest BCUT2D eigenvalue weighted by Gasteiger charge is 2.24. The van der Waals surface area contributed by atoms with Crippen molar-refractivity contribution in [1.29, 1.82) is 0 Å². The first kappa shape index (κ1) is 37.1. The summed E-state index contributed by atoms with van der Waals surface area (Å²) in [5, 5.41) is 7.35. The van der Waals surface area contributed by atoms with Crippen molar-refractivity contribution >= 4 is 81.3 Å². The second kappa shape index (κ2) is 15.4. The number of para-hydroxylation sites is 1. The van der Waals surface area contributed by atoms with Gasteiger partial charge in [0.25, 0.3) is 0 Å². The number of aliphatic imine (C=N–C) groups is 2. The van der Waals surface area contributed by atoms with Gasteiger partial charge in [-0.3, -0.25) is 0 Å². The Morgan fingerprint density at radius 3 is 1.89 bits per heavy atom. The molecular weight excluding hydrogens is 783 g/mol. The number of aromatic nitrogens is 1. The van der Waals surface area contributed by atoms with E-state index < -0.39 is 0 Å². The minimum Gasteiger partial charge on any atom is -0.308 e. The number of amidine groups is 1. The molecule has 12 rings (SSSR count). The van der Waals surface area contributed by atoms with E-state index in [0.717, 1.165) is 45.8 Å². The summed E-state index contributed by atoms with van der Waals surface area (Å²) >= 11 is 1.85. The number of hydrogen-bond acceptors (Lipinski definition) is 3. The summed E-state index contributed by atoms with van der Waals surface area (Å²) in [7, 11) is 0. The molecule has 0 radical (unpaired) electrons. The molecule has 0 bridgehead atoms. The maximum absolute atomic E-state index is 5.70. The van der Waals surface area contributed by atoms with Crippen molar-refractivity contribution in [2.45, 2.75) is 13.3 Å². The van der Waals surface area contributed by atoms with E-state index in [1.54, 1.807) is 0 Å². The number of rotatable bonds is 6. The van der Waals surface area contributed by atoms with Crippen LogP contribution in [-0.4, -0.2) is 16.1 Å². The highest BCUT2D eigenvalue weighted by Crippen LogP contribution is 2.44. The van der Waals surface area contributed by atoms with Crippen LogP contribution < -0.4 is 0 Å². The molecule has 63 heavy (non-hydrogen) atoms. The third kappa shape index (κ3) is 6.50. The Labute approximate surface area is 370 Å². The van der Waals surface area contributed by atoms with Crippen molar-refractivity contribution < 1.29 is 0 Å². The van der Waals surface area contributed by atoms with Crippen LogP contribution in [0.2, 0.25) is 0 Å². The zero-order valence-electron chi connectivity index (χ0n) is 34.7. The van der Waals surface area contributed by atoms with Gasteiger partial charge in [0.2, 0.25) is 0 Å². The van der Waals surface area contributed by atoms with Gasteiger partial charge >= 0.3 is 0 Å². The minimum atomic E-state index is 0.131. The number of benzene rings is 9. The Morgan fingerprint density at radius 2 is 1.10 bits per heavy atom. The third-order valence-corrected chi connectivity index (χ3v) is 13.9. The van der Waals surface area contributed by atoms with Gasteiger partial charge in [-0.1, -0.05) is 177 Å². The molecular formula is C59H41N3S. The van der Waals surface area contributed by atoms with E-state index in [1.807, 2.05) is 11.3 Å². The molecule has 1 aliphatic heterocycles. The predicted molar refractivity (Wildman–Crippen MR) is 270 cm³/mol. The summed E-state index contributed by atoms with van der Waals surface area (Å²) in [5.74, 6) is 0.847. The standard InChI is InChI=1S/C59H41N3S/c1-38-27-33-51(46-22-14-21-43(35-46)40-17-6-3-7-18-40)60-59(61-57(38)42-30-28-41(29-31-42)39-15-4-2-5-16-39)49-32-34-53(58-56(49)48-24-11-13-26-55(48)63-58)62-52-25-12-10-23-47(52)50-36-44-19-8-9-20-45(44)37-54(50)62/h2-26,28-38H,27H2,1H3/b51-33+,60-59-,61-57+. The van der Waals surface area contributed by atoms with E-state index in [4.69, 9.17) is 9.98 Å². The molecule has 1 aliphatic rings. The Kier molecular flexibility index (Phi) is 9.05. The first-order valence-electron chi connectivity index (χ1n) is 21.7. The first-order chi connectivity index (χ1) is 31.1. The number of fused-ring (bicyclic) bond motifs is 7. The van der Waals surface area contributed by atoms with Crippen molar-refractivity contribution in [3.05, 3.63) is 229 Å². The Morgan fingerprint density at radius 1 is 0.476 bits per heavy atom. The molecule has 0 amide bonds. The van der Waals surface area contributed by atoms with Crippen LogP contribution in [0.3, 0.4) is 0 Å². The molecule has 2 aromatic heterocycles. The lowest BCUT2D eigenvalue weighted by Crippen LogP contribution is -2.17. The van der Waals surface area contributed by atoms with Gasteiger partial charge in [-0.25, -0.2) is 9.98 Å². The molecule has 0 saturated carbocycles. The summed E-state index contributed by atoms with van der Waals surface area (Å²) < 4.78 is 4.92. The van der Waals surface area contributed by atoms with Crippen molar-refractivity contribution in [3.63, 3.8) is 0 Å². The fraction of sp³-hybridized carbons (Fsp3) is 0.0508. The van der Waals surface area contributed by atoms with Crippen LogP contribution >= 0.6 is 11.3 Å². The fourth-order valence-electron chi connectivity index (χ4n) is 9.51. The van der Waals surface area contributed by atoms with E-state index >= 15 is 0 Å². The third-order valence-electron chi connectivity index (χ3n) is 12.7. The summed E-state index contributed by atoms with van der Waals surface area (Å²) in [6.45, 7) is 2.30. The summed E-state index contributed by atoms with van der Waals surface area (Å²) in [6, 6.07) is 74.5. The first-order valence-corrected chi connectivity index (χ1v) is 22.5. The molecule has 0 fully saturated rings. The van der Waals surface area contributed by atoms with Gasteiger partial charge in [0, 0.05) is 43.3 Å².